The lowest BCUT2D eigenvalue weighted by molar-refractivity contribution is -0.130. The molecular formula is C24H29ClN6O3S. The van der Waals surface area contributed by atoms with E-state index in [0.29, 0.717) is 35.1 Å². The summed E-state index contributed by atoms with van der Waals surface area (Å²) in [5.74, 6) is 0.847. The fourth-order valence-electron chi connectivity index (χ4n) is 3.51. The summed E-state index contributed by atoms with van der Waals surface area (Å²) in [7, 11) is 1.90. The molecule has 0 spiro atoms. The maximum Gasteiger partial charge on any atom is 0.251 e. The Morgan fingerprint density at radius 3 is 2.80 bits per heavy atom. The monoisotopic (exact) mass is 516 g/mol. The molecule has 3 N–H and O–H groups in total. The number of fused-ring (bicyclic) bond motifs is 1. The molecule has 1 aromatic heterocycles. The number of amides is 2. The number of aryl methyl sites for hydroxylation is 1. The molecule has 1 heterocycles. The largest absolute Gasteiger partial charge is 0.395 e. The zero-order valence-electron chi connectivity index (χ0n) is 19.8. The fourth-order valence-corrected chi connectivity index (χ4v) is 4.66. The van der Waals surface area contributed by atoms with Gasteiger partial charge in [0.05, 0.1) is 29.9 Å². The molecule has 0 aliphatic rings. The third kappa shape index (κ3) is 6.74. The molecule has 0 saturated heterocycles. The number of imidazole rings is 1. The summed E-state index contributed by atoms with van der Waals surface area (Å²) in [6, 6.07) is 10.7. The molecule has 2 aromatic carbocycles. The van der Waals surface area contributed by atoms with Crippen molar-refractivity contribution in [2.24, 2.45) is 12.0 Å². The van der Waals surface area contributed by atoms with Crippen LogP contribution in [0.3, 0.4) is 0 Å². The molecule has 0 bridgehead atoms. The van der Waals surface area contributed by atoms with Crippen molar-refractivity contribution >= 4 is 64.6 Å². The number of nitrogens with zero attached hydrogens (tertiary/aromatic N) is 4. The van der Waals surface area contributed by atoms with Crippen LogP contribution in [0.1, 0.15) is 17.3 Å². The van der Waals surface area contributed by atoms with E-state index in [2.05, 4.69) is 27.3 Å². The summed E-state index contributed by atoms with van der Waals surface area (Å²) in [6.07, 6.45) is 0. The van der Waals surface area contributed by atoms with Gasteiger partial charge in [-0.3, -0.25) is 14.6 Å². The van der Waals surface area contributed by atoms with Crippen LogP contribution in [0.25, 0.3) is 11.0 Å². The van der Waals surface area contributed by atoms with E-state index in [1.807, 2.05) is 36.7 Å². The summed E-state index contributed by atoms with van der Waals surface area (Å²) < 4.78 is 1.93. The number of anilines is 1. The third-order valence-electron chi connectivity index (χ3n) is 5.38. The number of aliphatic hydroxyl groups excluding tert-OH is 1. The number of aromatic nitrogens is 2. The van der Waals surface area contributed by atoms with Gasteiger partial charge in [-0.1, -0.05) is 11.6 Å². The maximum atomic E-state index is 12.6. The zero-order valence-corrected chi connectivity index (χ0v) is 21.3. The standard InChI is InChI=1S/C24H29ClN6O3S/c1-4-31(10-11-32)22(33)15-28-23(34)16-5-8-20-19(13-16)29-24(30(20)3)27-9-12-35-21-14-17(25)6-7-18(21)26-2/h5-8,13-14,32H,2,4,9-12,15H2,1,3H3,(H,27,29)(H,28,34). The molecule has 9 nitrogen and oxygen atoms in total. The lowest BCUT2D eigenvalue weighted by Gasteiger charge is -2.19. The highest BCUT2D eigenvalue weighted by Gasteiger charge is 2.15. The van der Waals surface area contributed by atoms with Gasteiger partial charge in [0.15, 0.2) is 0 Å². The van der Waals surface area contributed by atoms with Gasteiger partial charge in [0.25, 0.3) is 5.91 Å². The summed E-state index contributed by atoms with van der Waals surface area (Å²) >= 11 is 7.71. The van der Waals surface area contributed by atoms with E-state index >= 15 is 0 Å². The summed E-state index contributed by atoms with van der Waals surface area (Å²) in [6.45, 7) is 6.53. The van der Waals surface area contributed by atoms with E-state index in [-0.39, 0.29) is 31.5 Å². The molecule has 186 valence electrons. The number of carbonyl (C=O) groups is 2. The molecule has 0 saturated carbocycles. The first-order valence-corrected chi connectivity index (χ1v) is 12.5. The summed E-state index contributed by atoms with van der Waals surface area (Å²) in [4.78, 5) is 35.9. The Bertz CT molecular complexity index is 1220. The predicted octanol–water partition coefficient (Wildman–Crippen LogP) is 3.33. The van der Waals surface area contributed by atoms with Crippen molar-refractivity contribution in [3.8, 4) is 0 Å². The molecule has 0 radical (unpaired) electrons. The fraction of sp³-hybridized carbons (Fsp3) is 0.333. The van der Waals surface area contributed by atoms with Gasteiger partial charge in [0.2, 0.25) is 11.9 Å². The minimum absolute atomic E-state index is 0.118. The van der Waals surface area contributed by atoms with E-state index in [0.717, 1.165) is 21.9 Å². The summed E-state index contributed by atoms with van der Waals surface area (Å²) in [5, 5.41) is 15.7. The minimum atomic E-state index is -0.356. The average Bonchev–Trinajstić information content (AvgIpc) is 3.18. The van der Waals surface area contributed by atoms with Gasteiger partial charge in [-0.15, -0.1) is 11.8 Å². The summed E-state index contributed by atoms with van der Waals surface area (Å²) in [5.41, 5.74) is 2.76. The van der Waals surface area contributed by atoms with Crippen molar-refractivity contribution in [2.75, 3.05) is 43.9 Å². The highest BCUT2D eigenvalue weighted by Crippen LogP contribution is 2.31. The van der Waals surface area contributed by atoms with Crippen LogP contribution >= 0.6 is 23.4 Å². The highest BCUT2D eigenvalue weighted by atomic mass is 35.5. The number of aliphatic hydroxyl groups is 1. The van der Waals surface area contributed by atoms with E-state index in [4.69, 9.17) is 16.7 Å². The number of thioether (sulfide) groups is 1. The number of hydrogen-bond acceptors (Lipinski definition) is 7. The first-order valence-electron chi connectivity index (χ1n) is 11.1. The Hall–Kier alpha value is -3.08. The number of nitrogens with one attached hydrogen (secondary N) is 2. The van der Waals surface area contributed by atoms with Crippen LogP contribution in [0.2, 0.25) is 5.02 Å². The van der Waals surface area contributed by atoms with E-state index in [1.165, 1.54) is 4.90 Å². The quantitative estimate of drug-likeness (QED) is 0.193. The van der Waals surface area contributed by atoms with Crippen LogP contribution in [0, 0.1) is 0 Å². The Balaban J connectivity index is 1.60. The second-order valence-electron chi connectivity index (χ2n) is 7.62. The highest BCUT2D eigenvalue weighted by molar-refractivity contribution is 7.99. The Labute approximate surface area is 213 Å². The van der Waals surface area contributed by atoms with Crippen molar-refractivity contribution in [1.29, 1.82) is 0 Å². The molecule has 0 atom stereocenters. The van der Waals surface area contributed by atoms with Gasteiger partial charge in [0.1, 0.15) is 0 Å². The first-order chi connectivity index (χ1) is 16.9. The van der Waals surface area contributed by atoms with Gasteiger partial charge in [-0.2, -0.15) is 0 Å². The molecule has 0 aliphatic heterocycles. The predicted molar refractivity (Wildman–Crippen MR) is 142 cm³/mol. The number of hydrogen-bond donors (Lipinski definition) is 3. The molecule has 35 heavy (non-hydrogen) atoms. The van der Waals surface area contributed by atoms with E-state index in [1.54, 1.807) is 30.0 Å². The Morgan fingerprint density at radius 2 is 2.09 bits per heavy atom. The normalized spacial score (nSPS) is 10.9. The van der Waals surface area contributed by atoms with Crippen molar-refractivity contribution in [2.45, 2.75) is 11.8 Å². The SMILES string of the molecule is C=Nc1ccc(Cl)cc1SCCNc1nc2cc(C(=O)NCC(=O)N(CC)CCO)ccc2n1C. The molecule has 0 aliphatic carbocycles. The van der Waals surface area contributed by atoms with Gasteiger partial charge in [-0.05, 0) is 50.0 Å². The van der Waals surface area contributed by atoms with Gasteiger partial charge >= 0.3 is 0 Å². The second kappa shape index (κ2) is 12.6. The van der Waals surface area contributed by atoms with Crippen LogP contribution in [-0.4, -0.2) is 76.6 Å². The molecule has 3 aromatic rings. The number of benzene rings is 2. The van der Waals surface area contributed by atoms with Crippen LogP contribution in [-0.2, 0) is 11.8 Å². The molecule has 11 heteroatoms. The number of rotatable bonds is 12. The lowest BCUT2D eigenvalue weighted by atomic mass is 10.2. The van der Waals surface area contributed by atoms with Gasteiger partial charge in [0, 0.05) is 47.9 Å². The van der Waals surface area contributed by atoms with Crippen molar-refractivity contribution in [3.05, 3.63) is 47.0 Å². The van der Waals surface area contributed by atoms with Crippen molar-refractivity contribution in [3.63, 3.8) is 0 Å². The first kappa shape index (κ1) is 26.5. The minimum Gasteiger partial charge on any atom is -0.395 e. The van der Waals surface area contributed by atoms with Crippen LogP contribution < -0.4 is 10.6 Å². The molecule has 0 unspecified atom stereocenters. The van der Waals surface area contributed by atoms with Gasteiger partial charge < -0.3 is 25.2 Å². The van der Waals surface area contributed by atoms with Crippen LogP contribution in [0.5, 0.6) is 0 Å². The maximum absolute atomic E-state index is 12.6. The number of aliphatic imine (C=N–C) groups is 1. The third-order valence-corrected chi connectivity index (χ3v) is 6.66. The number of carbonyl (C=O) groups excluding carboxylic acids is 2. The molecule has 0 fully saturated rings. The zero-order chi connectivity index (χ0) is 25.4. The molecule has 3 rings (SSSR count). The molecule has 2 amide bonds. The molecular weight excluding hydrogens is 488 g/mol. The van der Waals surface area contributed by atoms with Crippen LogP contribution in [0.15, 0.2) is 46.3 Å². The van der Waals surface area contributed by atoms with Crippen LogP contribution in [0.4, 0.5) is 11.6 Å². The second-order valence-corrected chi connectivity index (χ2v) is 9.20. The average molecular weight is 517 g/mol. The topological polar surface area (TPSA) is 112 Å². The number of likely N-dealkylation sites (N-methyl/N-ethyl adjacent to an activating group) is 1. The lowest BCUT2D eigenvalue weighted by Crippen LogP contribution is -2.41. The Kier molecular flexibility index (Phi) is 9.53. The number of halogens is 1. The Morgan fingerprint density at radius 1 is 1.29 bits per heavy atom. The van der Waals surface area contributed by atoms with Crippen molar-refractivity contribution in [1.82, 2.24) is 19.8 Å². The van der Waals surface area contributed by atoms with Gasteiger partial charge in [-0.25, -0.2) is 4.98 Å². The van der Waals surface area contributed by atoms with E-state index in [9.17, 15) is 9.59 Å². The van der Waals surface area contributed by atoms with Crippen molar-refractivity contribution < 1.29 is 14.7 Å². The van der Waals surface area contributed by atoms with E-state index < -0.39 is 0 Å². The smallest absolute Gasteiger partial charge is 0.251 e.